The number of methoxy groups -OCH3 is 2. The van der Waals surface area contributed by atoms with Gasteiger partial charge in [0.15, 0.2) is 0 Å². The summed E-state index contributed by atoms with van der Waals surface area (Å²) < 4.78 is 10.5. The lowest BCUT2D eigenvalue weighted by molar-refractivity contribution is -0.137. The van der Waals surface area contributed by atoms with E-state index in [2.05, 4.69) is 22.5 Å². The fourth-order valence-corrected chi connectivity index (χ4v) is 9.13. The summed E-state index contributed by atoms with van der Waals surface area (Å²) in [7, 11) is 2.57. The Morgan fingerprint density at radius 3 is 2.23 bits per heavy atom. The smallest absolute Gasteiger partial charge is 0.336 e. The quantitative estimate of drug-likeness (QED) is 0.231. The first kappa shape index (κ1) is 36.4. The monoisotopic (exact) mass is 716 g/mol. The minimum atomic E-state index is -1.02. The maximum atomic E-state index is 14.1. The number of ether oxygens (including phenoxy) is 2. The molecular formula is C36H46Cl2N4O5S. The van der Waals surface area contributed by atoms with Crippen molar-refractivity contribution in [3.63, 3.8) is 0 Å². The first-order chi connectivity index (χ1) is 23.2. The van der Waals surface area contributed by atoms with Gasteiger partial charge in [0.2, 0.25) is 5.91 Å². The van der Waals surface area contributed by atoms with Crippen molar-refractivity contribution in [1.82, 2.24) is 20.5 Å². The molecule has 9 nitrogen and oxygen atoms in total. The van der Waals surface area contributed by atoms with Crippen LogP contribution >= 0.6 is 34.5 Å². The molecule has 3 aliphatic rings. The number of aromatic nitrogens is 1. The number of dihydropyridines is 1. The van der Waals surface area contributed by atoms with Crippen LogP contribution in [0.5, 0.6) is 0 Å². The highest BCUT2D eigenvalue weighted by Gasteiger charge is 2.44. The number of rotatable bonds is 12. The van der Waals surface area contributed by atoms with Crippen LogP contribution in [0, 0.1) is 11.3 Å². The van der Waals surface area contributed by atoms with Crippen LogP contribution in [0.25, 0.3) is 0 Å². The molecule has 1 saturated heterocycles. The Hall–Kier alpha value is -2.92. The molecule has 2 fully saturated rings. The van der Waals surface area contributed by atoms with Crippen molar-refractivity contribution in [1.29, 1.82) is 0 Å². The highest BCUT2D eigenvalue weighted by molar-refractivity contribution is 7.09. The van der Waals surface area contributed by atoms with E-state index < -0.39 is 17.9 Å². The summed E-state index contributed by atoms with van der Waals surface area (Å²) in [4.78, 5) is 47.6. The molecule has 0 spiro atoms. The number of halogens is 2. The molecule has 2 N–H and O–H groups in total. The standard InChI is InChI=1S/C36H46Cl2N4O5S/c1-4-39-22-36(15-6-5-7-16-36)23-13-18-42(19-14-23)29(43)21-27-32(35(45)47-3)33(30-24(37)9-8-10-25(30)38)31(34(44)46-2)26(41-27)11-12-28-40-17-20-48-28/h8-10,17,20,23,33,39,41H,4-7,11-16,18-19,21-22H2,1-3H3. The lowest BCUT2D eigenvalue weighted by Gasteiger charge is -2.47. The molecule has 1 aliphatic carbocycles. The number of benzene rings is 1. The van der Waals surface area contributed by atoms with Gasteiger partial charge in [-0.1, -0.05) is 55.5 Å². The minimum Gasteiger partial charge on any atom is -0.466 e. The maximum Gasteiger partial charge on any atom is 0.336 e. The van der Waals surface area contributed by atoms with Crippen molar-refractivity contribution >= 4 is 52.4 Å². The Morgan fingerprint density at radius 2 is 1.65 bits per heavy atom. The highest BCUT2D eigenvalue weighted by Crippen LogP contribution is 2.48. The van der Waals surface area contributed by atoms with Gasteiger partial charge in [-0.3, -0.25) is 4.79 Å². The minimum absolute atomic E-state index is 0.0780. The number of allylic oxidation sites excluding steroid dienone is 1. The lowest BCUT2D eigenvalue weighted by Crippen LogP contribution is -2.48. The number of thiazole rings is 1. The van der Waals surface area contributed by atoms with E-state index in [-0.39, 0.29) is 38.9 Å². The highest BCUT2D eigenvalue weighted by atomic mass is 35.5. The zero-order valence-corrected chi connectivity index (χ0v) is 30.4. The Morgan fingerprint density at radius 1 is 1.00 bits per heavy atom. The van der Waals surface area contributed by atoms with Crippen LogP contribution in [-0.4, -0.2) is 68.1 Å². The van der Waals surface area contributed by atoms with Gasteiger partial charge >= 0.3 is 11.9 Å². The van der Waals surface area contributed by atoms with Gasteiger partial charge in [-0.05, 0) is 62.1 Å². The number of nitrogens with zero attached hydrogens (tertiary/aromatic N) is 2. The molecule has 12 heteroatoms. The van der Waals surface area contributed by atoms with Crippen LogP contribution in [-0.2, 0) is 30.3 Å². The van der Waals surface area contributed by atoms with Crippen molar-refractivity contribution in [2.24, 2.45) is 11.3 Å². The van der Waals surface area contributed by atoms with Crippen molar-refractivity contribution in [2.75, 3.05) is 40.4 Å². The molecule has 1 saturated carbocycles. The summed E-state index contributed by atoms with van der Waals surface area (Å²) in [5.41, 5.74) is 1.86. The number of piperidine rings is 1. The number of hydrogen-bond donors (Lipinski definition) is 2. The van der Waals surface area contributed by atoms with Gasteiger partial charge in [-0.2, -0.15) is 0 Å². The molecule has 0 bridgehead atoms. The average Bonchev–Trinajstić information content (AvgIpc) is 3.63. The molecule has 2 aromatic rings. The van der Waals surface area contributed by atoms with Gasteiger partial charge in [0, 0.05) is 64.6 Å². The van der Waals surface area contributed by atoms with Crippen LogP contribution in [0.2, 0.25) is 10.0 Å². The second kappa shape index (κ2) is 16.7. The van der Waals surface area contributed by atoms with Crippen LogP contribution in [0.4, 0.5) is 0 Å². The molecule has 1 unspecified atom stereocenters. The predicted molar refractivity (Wildman–Crippen MR) is 189 cm³/mol. The van der Waals surface area contributed by atoms with E-state index in [0.29, 0.717) is 48.8 Å². The summed E-state index contributed by atoms with van der Waals surface area (Å²) in [6, 6.07) is 5.02. The van der Waals surface area contributed by atoms with E-state index in [1.807, 2.05) is 10.3 Å². The van der Waals surface area contributed by atoms with E-state index in [0.717, 1.165) is 30.9 Å². The third-order valence-corrected chi connectivity index (χ3v) is 11.8. The topological polar surface area (TPSA) is 110 Å². The number of carbonyl (C=O) groups excluding carboxylic acids is 3. The van der Waals surface area contributed by atoms with E-state index in [4.69, 9.17) is 32.7 Å². The summed E-state index contributed by atoms with van der Waals surface area (Å²) in [5, 5.41) is 10.3. The van der Waals surface area contributed by atoms with Crippen LogP contribution in [0.1, 0.15) is 81.2 Å². The fraction of sp³-hybridized carbons (Fsp3) is 0.556. The Balaban J connectivity index is 1.47. The van der Waals surface area contributed by atoms with Gasteiger partial charge < -0.3 is 25.0 Å². The number of likely N-dealkylation sites (tertiary alicyclic amines) is 1. The number of carbonyl (C=O) groups is 3. The predicted octanol–water partition coefficient (Wildman–Crippen LogP) is 6.81. The molecule has 3 heterocycles. The number of hydrogen-bond acceptors (Lipinski definition) is 9. The van der Waals surface area contributed by atoms with E-state index in [9.17, 15) is 14.4 Å². The van der Waals surface area contributed by atoms with Crippen molar-refractivity contribution in [3.8, 4) is 0 Å². The SMILES string of the molecule is CCNCC1(C2CCN(C(=O)CC3=C(C(=O)OC)C(c4c(Cl)cccc4Cl)C(C(=O)OC)=C(CCc4nccs4)N3)CC2)CCCCC1. The Labute approximate surface area is 297 Å². The summed E-state index contributed by atoms with van der Waals surface area (Å²) >= 11 is 15.0. The largest absolute Gasteiger partial charge is 0.466 e. The normalized spacial score (nSPS) is 20.0. The molecule has 0 radical (unpaired) electrons. The van der Waals surface area contributed by atoms with Crippen LogP contribution in [0.3, 0.4) is 0 Å². The first-order valence-electron chi connectivity index (χ1n) is 16.9. The second-order valence-electron chi connectivity index (χ2n) is 12.9. The third-order valence-electron chi connectivity index (χ3n) is 10.3. The van der Waals surface area contributed by atoms with Gasteiger partial charge in [0.05, 0.1) is 42.7 Å². The van der Waals surface area contributed by atoms with Gasteiger partial charge in [0.1, 0.15) is 0 Å². The second-order valence-corrected chi connectivity index (χ2v) is 14.7. The molecule has 1 aromatic heterocycles. The number of aryl methyl sites for hydroxylation is 1. The summed E-state index contributed by atoms with van der Waals surface area (Å²) in [5.74, 6) is -1.88. The zero-order valence-electron chi connectivity index (χ0n) is 28.0. The molecule has 2 aliphatic heterocycles. The van der Waals surface area contributed by atoms with Crippen LogP contribution in [0.15, 0.2) is 52.3 Å². The maximum absolute atomic E-state index is 14.1. The molecular weight excluding hydrogens is 671 g/mol. The lowest BCUT2D eigenvalue weighted by atomic mass is 9.63. The zero-order chi connectivity index (χ0) is 34.3. The molecule has 1 amide bonds. The Kier molecular flexibility index (Phi) is 12.6. The van der Waals surface area contributed by atoms with Gasteiger partial charge in [-0.15, -0.1) is 11.3 Å². The number of esters is 2. The third kappa shape index (κ3) is 7.93. The average molecular weight is 718 g/mol. The van der Waals surface area contributed by atoms with E-state index in [1.54, 1.807) is 24.4 Å². The molecule has 260 valence electrons. The number of nitrogens with one attached hydrogen (secondary N) is 2. The van der Waals surface area contributed by atoms with E-state index in [1.165, 1.54) is 57.7 Å². The van der Waals surface area contributed by atoms with Crippen molar-refractivity contribution in [3.05, 3.63) is 72.9 Å². The molecule has 5 rings (SSSR count). The van der Waals surface area contributed by atoms with Crippen molar-refractivity contribution < 1.29 is 23.9 Å². The Bertz CT molecular complexity index is 1510. The van der Waals surface area contributed by atoms with Crippen molar-refractivity contribution in [2.45, 2.75) is 77.0 Å². The summed E-state index contributed by atoms with van der Waals surface area (Å²) in [6.07, 6.45) is 10.8. The van der Waals surface area contributed by atoms with Gasteiger partial charge in [0.25, 0.3) is 0 Å². The van der Waals surface area contributed by atoms with Gasteiger partial charge in [-0.25, -0.2) is 14.6 Å². The van der Waals surface area contributed by atoms with E-state index >= 15 is 0 Å². The summed E-state index contributed by atoms with van der Waals surface area (Å²) in [6.45, 7) is 5.48. The fourth-order valence-electron chi connectivity index (χ4n) is 7.90. The first-order valence-corrected chi connectivity index (χ1v) is 18.6. The molecule has 1 atom stereocenters. The molecule has 1 aromatic carbocycles. The molecule has 48 heavy (non-hydrogen) atoms. The van der Waals surface area contributed by atoms with Crippen LogP contribution < -0.4 is 10.6 Å². The number of amides is 1.